The van der Waals surface area contributed by atoms with Gasteiger partial charge in [0.05, 0.1) is 0 Å². The Balaban J connectivity index is 2.63. The maximum Gasteiger partial charge on any atom is 0.276 e. The molecule has 0 radical (unpaired) electrons. The number of H-pyrrole nitrogens is 1. The Morgan fingerprint density at radius 1 is 1.50 bits per heavy atom. The zero-order valence-corrected chi connectivity index (χ0v) is 5.89. The summed E-state index contributed by atoms with van der Waals surface area (Å²) in [6, 6.07) is 0. The number of hydrogen-bond acceptors (Lipinski definition) is 5. The van der Waals surface area contributed by atoms with Crippen LogP contribution in [0.5, 0.6) is 0 Å². The van der Waals surface area contributed by atoms with Crippen LogP contribution in [0.4, 0.5) is 0 Å². The Bertz CT molecular complexity index is 419. The molecule has 0 unspecified atom stereocenters. The Hall–Kier alpha value is -1.98. The van der Waals surface area contributed by atoms with Crippen molar-refractivity contribution in [2.45, 2.75) is 0 Å². The average molecular weight is 164 g/mol. The molecule has 1 N–H and O–H groups in total. The summed E-state index contributed by atoms with van der Waals surface area (Å²) in [5.41, 5.74) is 0.226. The first-order valence-electron chi connectivity index (χ1n) is 3.19. The van der Waals surface area contributed by atoms with Gasteiger partial charge in [-0.3, -0.25) is 4.79 Å². The van der Waals surface area contributed by atoms with E-state index in [9.17, 15) is 4.79 Å². The van der Waals surface area contributed by atoms with Crippen LogP contribution < -0.4 is 5.56 Å². The third kappa shape index (κ3) is 0.986. The van der Waals surface area contributed by atoms with E-state index < -0.39 is 0 Å². The Kier molecular flexibility index (Phi) is 1.44. The fraction of sp³-hybridized carbons (Fsp3) is 0. The van der Waals surface area contributed by atoms with Crippen molar-refractivity contribution in [1.29, 1.82) is 0 Å². The molecule has 0 aliphatic heterocycles. The van der Waals surface area contributed by atoms with Crippen LogP contribution in [-0.4, -0.2) is 20.3 Å². The summed E-state index contributed by atoms with van der Waals surface area (Å²) in [4.78, 5) is 17.4. The van der Waals surface area contributed by atoms with Crippen molar-refractivity contribution in [2.75, 3.05) is 0 Å². The largest absolute Gasteiger partial charge is 0.345 e. The molecule has 0 amide bonds. The molecule has 2 rings (SSSR count). The molecule has 0 aliphatic rings. The van der Waals surface area contributed by atoms with E-state index in [1.807, 2.05) is 0 Å². The molecule has 0 spiro atoms. The quantitative estimate of drug-likeness (QED) is 0.631. The lowest BCUT2D eigenvalue weighted by Gasteiger charge is -1.88. The predicted molar refractivity (Wildman–Crippen MR) is 38.1 cm³/mol. The van der Waals surface area contributed by atoms with Gasteiger partial charge in [0.2, 0.25) is 0 Å². The van der Waals surface area contributed by atoms with Gasteiger partial charge in [-0.1, -0.05) is 0 Å². The van der Waals surface area contributed by atoms with Gasteiger partial charge in [0.15, 0.2) is 17.7 Å². The number of nitrogens with zero attached hydrogens (tertiary/aromatic N) is 3. The minimum absolute atomic E-state index is 0.207. The first-order chi connectivity index (χ1) is 5.88. The summed E-state index contributed by atoms with van der Waals surface area (Å²) in [7, 11) is 0. The van der Waals surface area contributed by atoms with Crippen molar-refractivity contribution in [2.24, 2.45) is 0 Å². The Morgan fingerprint density at radius 3 is 3.08 bits per heavy atom. The van der Waals surface area contributed by atoms with E-state index in [1.165, 1.54) is 18.7 Å². The van der Waals surface area contributed by atoms with Crippen molar-refractivity contribution in [3.8, 4) is 11.4 Å². The van der Waals surface area contributed by atoms with Crippen LogP contribution >= 0.6 is 0 Å². The van der Waals surface area contributed by atoms with E-state index in [0.717, 1.165) is 0 Å². The topological polar surface area (TPSA) is 84.7 Å². The summed E-state index contributed by atoms with van der Waals surface area (Å²) in [6.07, 6.45) is 4.17. The van der Waals surface area contributed by atoms with Gasteiger partial charge >= 0.3 is 0 Å². The molecule has 0 saturated heterocycles. The highest BCUT2D eigenvalue weighted by molar-refractivity contribution is 5.48. The fourth-order valence-corrected chi connectivity index (χ4v) is 0.802. The van der Waals surface area contributed by atoms with E-state index >= 15 is 0 Å². The summed E-state index contributed by atoms with van der Waals surface area (Å²) in [5.74, 6) is 0. The van der Waals surface area contributed by atoms with E-state index in [-0.39, 0.29) is 11.3 Å². The SMILES string of the molecule is O=c1[nH]ccnc1-c1conn1. The molecule has 6 heteroatoms. The zero-order chi connectivity index (χ0) is 8.39. The molecule has 6 nitrogen and oxygen atoms in total. The Labute approximate surface area is 66.2 Å². The van der Waals surface area contributed by atoms with Crippen LogP contribution in [0.3, 0.4) is 0 Å². The molecule has 0 fully saturated rings. The summed E-state index contributed by atoms with van der Waals surface area (Å²) < 4.78 is 4.47. The van der Waals surface area contributed by atoms with Crippen LogP contribution in [0.25, 0.3) is 11.4 Å². The zero-order valence-electron chi connectivity index (χ0n) is 5.89. The van der Waals surface area contributed by atoms with Crippen LogP contribution in [0, 0.1) is 0 Å². The second-order valence-electron chi connectivity index (χ2n) is 2.06. The molecule has 60 valence electrons. The molecule has 2 heterocycles. The number of nitrogens with one attached hydrogen (secondary N) is 1. The van der Waals surface area contributed by atoms with Gasteiger partial charge in [0, 0.05) is 17.7 Å². The van der Waals surface area contributed by atoms with E-state index in [2.05, 4.69) is 24.9 Å². The minimum atomic E-state index is -0.312. The van der Waals surface area contributed by atoms with Crippen molar-refractivity contribution in [3.63, 3.8) is 0 Å². The van der Waals surface area contributed by atoms with Crippen LogP contribution in [-0.2, 0) is 0 Å². The molecule has 0 atom stereocenters. The van der Waals surface area contributed by atoms with Crippen LogP contribution in [0.1, 0.15) is 0 Å². The standard InChI is InChI=1S/C6H4N4O2/c11-6-5(7-1-2-8-6)4-3-12-10-9-4/h1-3H,(H,8,11). The fourth-order valence-electron chi connectivity index (χ4n) is 0.802. The highest BCUT2D eigenvalue weighted by Gasteiger charge is 2.06. The second-order valence-corrected chi connectivity index (χ2v) is 2.06. The summed E-state index contributed by atoms with van der Waals surface area (Å²) >= 11 is 0. The van der Waals surface area contributed by atoms with Gasteiger partial charge in [0.25, 0.3) is 5.56 Å². The first kappa shape index (κ1) is 6.71. The monoisotopic (exact) mass is 164 g/mol. The normalized spacial score (nSPS) is 10.0. The van der Waals surface area contributed by atoms with E-state index in [1.54, 1.807) is 0 Å². The van der Waals surface area contributed by atoms with Crippen molar-refractivity contribution < 1.29 is 4.52 Å². The maximum absolute atomic E-state index is 11.1. The van der Waals surface area contributed by atoms with E-state index in [0.29, 0.717) is 5.69 Å². The smallest absolute Gasteiger partial charge is 0.276 e. The lowest BCUT2D eigenvalue weighted by molar-refractivity contribution is 0.393. The lowest BCUT2D eigenvalue weighted by atomic mass is 10.3. The first-order valence-corrected chi connectivity index (χ1v) is 3.19. The van der Waals surface area contributed by atoms with E-state index in [4.69, 9.17) is 0 Å². The summed E-state index contributed by atoms with van der Waals surface area (Å²) in [6.45, 7) is 0. The molecule has 0 bridgehead atoms. The van der Waals surface area contributed by atoms with Crippen LogP contribution in [0.2, 0.25) is 0 Å². The van der Waals surface area contributed by atoms with Gasteiger partial charge in [0.1, 0.15) is 0 Å². The predicted octanol–water partition coefficient (Wildman–Crippen LogP) is -0.180. The number of aromatic amines is 1. The molecule has 0 aliphatic carbocycles. The van der Waals surface area contributed by atoms with Gasteiger partial charge in [-0.05, 0) is 0 Å². The minimum Gasteiger partial charge on any atom is -0.345 e. The van der Waals surface area contributed by atoms with Gasteiger partial charge < -0.3 is 9.51 Å². The van der Waals surface area contributed by atoms with Crippen LogP contribution in [0.15, 0.2) is 28.0 Å². The average Bonchev–Trinajstić information content (AvgIpc) is 2.57. The third-order valence-corrected chi connectivity index (χ3v) is 1.31. The number of rotatable bonds is 1. The van der Waals surface area contributed by atoms with Gasteiger partial charge in [-0.15, -0.1) is 5.10 Å². The molecular weight excluding hydrogens is 160 g/mol. The van der Waals surface area contributed by atoms with Crippen molar-refractivity contribution in [3.05, 3.63) is 29.0 Å². The maximum atomic E-state index is 11.1. The van der Waals surface area contributed by atoms with Crippen molar-refractivity contribution >= 4 is 0 Å². The second kappa shape index (κ2) is 2.57. The third-order valence-electron chi connectivity index (χ3n) is 1.31. The Morgan fingerprint density at radius 2 is 2.42 bits per heavy atom. The molecule has 2 aromatic rings. The summed E-state index contributed by atoms with van der Waals surface area (Å²) in [5, 5.41) is 6.77. The van der Waals surface area contributed by atoms with Gasteiger partial charge in [-0.25, -0.2) is 4.98 Å². The molecule has 0 aromatic carbocycles. The molecule has 2 aromatic heterocycles. The molecule has 12 heavy (non-hydrogen) atoms. The van der Waals surface area contributed by atoms with Crippen molar-refractivity contribution in [1.82, 2.24) is 20.3 Å². The lowest BCUT2D eigenvalue weighted by Crippen LogP contribution is -2.09. The van der Waals surface area contributed by atoms with Gasteiger partial charge in [-0.2, -0.15) is 0 Å². The number of aromatic nitrogens is 4. The molecule has 0 saturated carbocycles. The molecular formula is C6H4N4O2. The highest BCUT2D eigenvalue weighted by atomic mass is 16.5. The number of hydrogen-bond donors (Lipinski definition) is 1. The highest BCUT2D eigenvalue weighted by Crippen LogP contribution is 2.04.